The summed E-state index contributed by atoms with van der Waals surface area (Å²) >= 11 is 0. The number of aliphatic hydroxyl groups excluding tert-OH is 1. The summed E-state index contributed by atoms with van der Waals surface area (Å²) in [6, 6.07) is 15.0. The van der Waals surface area contributed by atoms with Gasteiger partial charge in [-0.15, -0.1) is 0 Å². The van der Waals surface area contributed by atoms with Crippen LogP contribution in [0.5, 0.6) is 0 Å². The van der Waals surface area contributed by atoms with Gasteiger partial charge in [0.05, 0.1) is 0 Å². The third-order valence-electron chi connectivity index (χ3n) is 6.15. The molecule has 0 spiro atoms. The summed E-state index contributed by atoms with van der Waals surface area (Å²) in [6.45, 7) is 6.18. The van der Waals surface area contributed by atoms with Crippen LogP contribution in [-0.4, -0.2) is 37.2 Å². The molecule has 1 aliphatic carbocycles. The second kappa shape index (κ2) is 10.2. The van der Waals surface area contributed by atoms with Gasteiger partial charge < -0.3 is 19.3 Å². The number of hydrogen-bond donors (Lipinski definition) is 1. The first-order chi connectivity index (χ1) is 15.7. The van der Waals surface area contributed by atoms with Crippen molar-refractivity contribution in [2.75, 3.05) is 19.8 Å². The highest BCUT2D eigenvalue weighted by Gasteiger charge is 2.38. The standard InChI is InChI=1S/C27H30O5/c1-3-14-31-26(29)25-17-24(23(10-7-13-28)27(32-25)30-4-2)19-11-12-22-20(16-19)15-18-8-5-6-9-21(18)22/h3,5-6,8-9,11-12,16-17,23-24,27-28H,1,4,7,10,13-15H2,2H3/t23-,24-,27-/m1/s1. The molecule has 168 valence electrons. The van der Waals surface area contributed by atoms with Gasteiger partial charge in [-0.3, -0.25) is 0 Å². The first-order valence-corrected chi connectivity index (χ1v) is 11.3. The van der Waals surface area contributed by atoms with Gasteiger partial charge >= 0.3 is 5.97 Å². The van der Waals surface area contributed by atoms with Crippen molar-refractivity contribution in [3.63, 3.8) is 0 Å². The molecule has 5 nitrogen and oxygen atoms in total. The number of allylic oxidation sites excluding steroid dienone is 1. The molecule has 0 aromatic heterocycles. The highest BCUT2D eigenvalue weighted by Crippen LogP contribution is 2.43. The molecular weight excluding hydrogens is 404 g/mol. The summed E-state index contributed by atoms with van der Waals surface area (Å²) in [7, 11) is 0. The Morgan fingerprint density at radius 2 is 2.03 bits per heavy atom. The van der Waals surface area contributed by atoms with E-state index in [4.69, 9.17) is 14.2 Å². The summed E-state index contributed by atoms with van der Waals surface area (Å²) in [4.78, 5) is 12.6. The highest BCUT2D eigenvalue weighted by atomic mass is 16.7. The zero-order chi connectivity index (χ0) is 22.5. The SMILES string of the molecule is C=CCOC(=O)C1=C[C@H](c2ccc3c(c2)Cc2ccccc2-3)[C@@H](CCCO)[C@H](OCC)O1. The van der Waals surface area contributed by atoms with Crippen molar-refractivity contribution in [3.05, 3.63) is 83.6 Å². The zero-order valence-electron chi connectivity index (χ0n) is 18.5. The largest absolute Gasteiger partial charge is 0.457 e. The Morgan fingerprint density at radius 3 is 2.81 bits per heavy atom. The number of carbonyl (C=O) groups is 1. The van der Waals surface area contributed by atoms with Crippen LogP contribution in [0.15, 0.2) is 67.0 Å². The third-order valence-corrected chi connectivity index (χ3v) is 6.15. The van der Waals surface area contributed by atoms with Crippen LogP contribution in [0.2, 0.25) is 0 Å². The molecule has 1 aliphatic heterocycles. The molecule has 0 amide bonds. The number of benzene rings is 2. The van der Waals surface area contributed by atoms with Gasteiger partial charge in [0.1, 0.15) is 6.61 Å². The maximum atomic E-state index is 12.6. The van der Waals surface area contributed by atoms with E-state index in [0.717, 1.165) is 12.0 Å². The minimum absolute atomic E-state index is 0.0279. The van der Waals surface area contributed by atoms with Crippen molar-refractivity contribution >= 4 is 5.97 Å². The number of carbonyl (C=O) groups excluding carboxylic acids is 1. The molecule has 0 saturated heterocycles. The number of fused-ring (bicyclic) bond motifs is 3. The van der Waals surface area contributed by atoms with E-state index < -0.39 is 12.3 Å². The van der Waals surface area contributed by atoms with Crippen LogP contribution in [0.25, 0.3) is 11.1 Å². The van der Waals surface area contributed by atoms with E-state index >= 15 is 0 Å². The van der Waals surface area contributed by atoms with E-state index in [1.807, 2.05) is 13.0 Å². The first-order valence-electron chi connectivity index (χ1n) is 11.3. The van der Waals surface area contributed by atoms with E-state index in [0.29, 0.717) is 19.4 Å². The topological polar surface area (TPSA) is 65.0 Å². The fraction of sp³-hybridized carbons (Fsp3) is 0.370. The lowest BCUT2D eigenvalue weighted by atomic mass is 9.80. The molecule has 3 atom stereocenters. The molecule has 0 radical (unpaired) electrons. The number of ether oxygens (including phenoxy) is 3. The predicted molar refractivity (Wildman–Crippen MR) is 123 cm³/mol. The second-order valence-electron chi connectivity index (χ2n) is 8.17. The van der Waals surface area contributed by atoms with E-state index in [2.05, 4.69) is 49.0 Å². The van der Waals surface area contributed by atoms with Crippen LogP contribution in [0, 0.1) is 5.92 Å². The van der Waals surface area contributed by atoms with E-state index in [1.165, 1.54) is 28.3 Å². The van der Waals surface area contributed by atoms with Gasteiger partial charge in [0, 0.05) is 25.0 Å². The van der Waals surface area contributed by atoms with Gasteiger partial charge in [-0.25, -0.2) is 4.79 Å². The Hall–Kier alpha value is -2.89. The number of esters is 1. The van der Waals surface area contributed by atoms with E-state index in [1.54, 1.807) is 0 Å². The normalized spacial score (nSPS) is 21.2. The number of rotatable bonds is 9. The van der Waals surface area contributed by atoms with Crippen molar-refractivity contribution in [2.24, 2.45) is 5.92 Å². The van der Waals surface area contributed by atoms with Gasteiger partial charge in [-0.2, -0.15) is 0 Å². The quantitative estimate of drug-likeness (QED) is 0.389. The molecule has 2 aromatic carbocycles. The van der Waals surface area contributed by atoms with Gasteiger partial charge in [0.15, 0.2) is 0 Å². The molecule has 0 fully saturated rings. The summed E-state index contributed by atoms with van der Waals surface area (Å²) in [5.41, 5.74) is 6.28. The Kier molecular flexibility index (Phi) is 7.08. The summed E-state index contributed by atoms with van der Waals surface area (Å²) in [5.74, 6) is -0.472. The summed E-state index contributed by atoms with van der Waals surface area (Å²) in [6.07, 6.45) is 5.05. The average molecular weight is 435 g/mol. The Labute approximate surface area is 189 Å². The molecule has 0 saturated carbocycles. The van der Waals surface area contributed by atoms with Gasteiger partial charge in [0.25, 0.3) is 0 Å². The fourth-order valence-corrected chi connectivity index (χ4v) is 4.71. The van der Waals surface area contributed by atoms with Crippen LogP contribution in [-0.2, 0) is 25.4 Å². The van der Waals surface area contributed by atoms with Gasteiger partial charge in [0.2, 0.25) is 12.0 Å². The lowest BCUT2D eigenvalue weighted by Gasteiger charge is -2.37. The lowest BCUT2D eigenvalue weighted by Crippen LogP contribution is -2.37. The molecule has 2 aromatic rings. The average Bonchev–Trinajstić information content (AvgIpc) is 3.19. The molecule has 2 aliphatic rings. The van der Waals surface area contributed by atoms with Crippen molar-refractivity contribution in [3.8, 4) is 11.1 Å². The van der Waals surface area contributed by atoms with Crippen molar-refractivity contribution < 1.29 is 24.1 Å². The molecule has 1 heterocycles. The maximum Gasteiger partial charge on any atom is 0.373 e. The Morgan fingerprint density at radius 1 is 1.22 bits per heavy atom. The molecule has 5 heteroatoms. The molecule has 4 rings (SSSR count). The highest BCUT2D eigenvalue weighted by molar-refractivity contribution is 5.86. The fourth-order valence-electron chi connectivity index (χ4n) is 4.71. The molecule has 32 heavy (non-hydrogen) atoms. The predicted octanol–water partition coefficient (Wildman–Crippen LogP) is 4.74. The smallest absolute Gasteiger partial charge is 0.373 e. The Bertz CT molecular complexity index is 1010. The van der Waals surface area contributed by atoms with E-state index in [-0.39, 0.29) is 30.8 Å². The summed E-state index contributed by atoms with van der Waals surface area (Å²) < 4.78 is 17.1. The summed E-state index contributed by atoms with van der Waals surface area (Å²) in [5, 5.41) is 9.45. The van der Waals surface area contributed by atoms with Gasteiger partial charge in [-0.05, 0) is 60.1 Å². The van der Waals surface area contributed by atoms with Crippen LogP contribution in [0.1, 0.15) is 42.4 Å². The Balaban J connectivity index is 1.71. The van der Waals surface area contributed by atoms with Crippen molar-refractivity contribution in [2.45, 2.75) is 38.4 Å². The number of hydrogen-bond acceptors (Lipinski definition) is 5. The van der Waals surface area contributed by atoms with Crippen LogP contribution < -0.4 is 0 Å². The maximum absolute atomic E-state index is 12.6. The zero-order valence-corrected chi connectivity index (χ0v) is 18.5. The lowest BCUT2D eigenvalue weighted by molar-refractivity contribution is -0.175. The van der Waals surface area contributed by atoms with Crippen LogP contribution in [0.3, 0.4) is 0 Å². The molecular formula is C27H30O5. The molecule has 0 bridgehead atoms. The van der Waals surface area contributed by atoms with E-state index in [9.17, 15) is 9.90 Å². The monoisotopic (exact) mass is 434 g/mol. The second-order valence-corrected chi connectivity index (χ2v) is 8.17. The minimum Gasteiger partial charge on any atom is -0.457 e. The third kappa shape index (κ3) is 4.50. The van der Waals surface area contributed by atoms with Crippen molar-refractivity contribution in [1.29, 1.82) is 0 Å². The van der Waals surface area contributed by atoms with Crippen LogP contribution in [0.4, 0.5) is 0 Å². The van der Waals surface area contributed by atoms with Gasteiger partial charge in [-0.1, -0.05) is 55.1 Å². The number of aliphatic hydroxyl groups is 1. The first kappa shape index (κ1) is 22.3. The molecule has 1 N–H and O–H groups in total. The minimum atomic E-state index is -0.585. The van der Waals surface area contributed by atoms with Crippen LogP contribution >= 0.6 is 0 Å². The molecule has 0 unspecified atom stereocenters. The van der Waals surface area contributed by atoms with Crippen molar-refractivity contribution in [1.82, 2.24) is 0 Å².